The molecule has 134 valence electrons. The molecule has 5 heteroatoms. The molecule has 1 fully saturated rings. The number of hydrogen-bond acceptors (Lipinski definition) is 3. The van der Waals surface area contributed by atoms with Crippen molar-refractivity contribution < 1.29 is 14.3 Å². The molecule has 26 heavy (non-hydrogen) atoms. The van der Waals surface area contributed by atoms with Gasteiger partial charge in [-0.25, -0.2) is 0 Å². The van der Waals surface area contributed by atoms with Crippen LogP contribution in [0.2, 0.25) is 0 Å². The Morgan fingerprint density at radius 1 is 1.04 bits per heavy atom. The Morgan fingerprint density at radius 2 is 1.88 bits per heavy atom. The maximum Gasteiger partial charge on any atom is 0.256 e. The molecule has 2 amide bonds. The van der Waals surface area contributed by atoms with Crippen LogP contribution in [0.1, 0.15) is 34.3 Å². The third kappa shape index (κ3) is 2.94. The van der Waals surface area contributed by atoms with Gasteiger partial charge in [-0.15, -0.1) is 0 Å². The van der Waals surface area contributed by atoms with Gasteiger partial charge in [-0.2, -0.15) is 0 Å². The van der Waals surface area contributed by atoms with E-state index >= 15 is 0 Å². The van der Waals surface area contributed by atoms with Gasteiger partial charge in [0, 0.05) is 26.1 Å². The zero-order valence-electron chi connectivity index (χ0n) is 14.9. The zero-order chi connectivity index (χ0) is 18.1. The van der Waals surface area contributed by atoms with Crippen LogP contribution >= 0.6 is 0 Å². The third-order valence-electron chi connectivity index (χ3n) is 5.21. The van der Waals surface area contributed by atoms with E-state index in [-0.39, 0.29) is 11.8 Å². The summed E-state index contributed by atoms with van der Waals surface area (Å²) in [5.74, 6) is 0.883. The molecule has 0 aromatic heterocycles. The third-order valence-corrected chi connectivity index (χ3v) is 5.21. The summed E-state index contributed by atoms with van der Waals surface area (Å²) in [6.45, 7) is 1.93. The van der Waals surface area contributed by atoms with Gasteiger partial charge >= 0.3 is 0 Å². The van der Waals surface area contributed by atoms with Gasteiger partial charge < -0.3 is 14.5 Å². The van der Waals surface area contributed by atoms with Crippen molar-refractivity contribution in [3.63, 3.8) is 0 Å². The van der Waals surface area contributed by atoms with E-state index in [4.69, 9.17) is 4.74 Å². The van der Waals surface area contributed by atoms with Crippen LogP contribution in [-0.2, 0) is 17.8 Å². The molecule has 4 rings (SSSR count). The molecule has 0 N–H and O–H groups in total. The van der Waals surface area contributed by atoms with Crippen molar-refractivity contribution in [1.29, 1.82) is 0 Å². The second-order valence-corrected chi connectivity index (χ2v) is 6.78. The van der Waals surface area contributed by atoms with E-state index in [1.54, 1.807) is 12.0 Å². The zero-order valence-corrected chi connectivity index (χ0v) is 14.9. The van der Waals surface area contributed by atoms with Crippen LogP contribution < -0.4 is 9.64 Å². The first-order valence-corrected chi connectivity index (χ1v) is 9.02. The molecule has 0 bridgehead atoms. The van der Waals surface area contributed by atoms with Crippen molar-refractivity contribution >= 4 is 17.5 Å². The first-order chi connectivity index (χ1) is 12.7. The van der Waals surface area contributed by atoms with E-state index in [9.17, 15) is 9.59 Å². The van der Waals surface area contributed by atoms with Gasteiger partial charge in [0.05, 0.1) is 18.4 Å². The maximum atomic E-state index is 13.2. The standard InChI is InChI=1S/C21H22N2O3/c1-26-17-9-8-15-10-12-22(14-16(15)13-17)21(25)18-5-2-3-6-19(18)23-11-4-7-20(23)24/h2-3,5-6,8-9,13H,4,7,10-12,14H2,1H3. The second-order valence-electron chi connectivity index (χ2n) is 6.78. The van der Waals surface area contributed by atoms with Gasteiger partial charge in [-0.1, -0.05) is 18.2 Å². The van der Waals surface area contributed by atoms with Crippen LogP contribution in [0.4, 0.5) is 5.69 Å². The lowest BCUT2D eigenvalue weighted by Gasteiger charge is -2.30. The molecule has 2 aliphatic heterocycles. The van der Waals surface area contributed by atoms with Gasteiger partial charge in [0.15, 0.2) is 0 Å². The average molecular weight is 350 g/mol. The molecule has 0 aliphatic carbocycles. The van der Waals surface area contributed by atoms with Crippen molar-refractivity contribution in [2.45, 2.75) is 25.8 Å². The number of fused-ring (bicyclic) bond motifs is 1. The predicted octanol–water partition coefficient (Wildman–Crippen LogP) is 3.02. The number of para-hydroxylation sites is 1. The fourth-order valence-corrected chi connectivity index (χ4v) is 3.80. The smallest absolute Gasteiger partial charge is 0.256 e. The minimum absolute atomic E-state index is 0.0197. The molecule has 2 aromatic rings. The Kier molecular flexibility index (Phi) is 4.37. The Morgan fingerprint density at radius 3 is 2.65 bits per heavy atom. The molecule has 0 unspecified atom stereocenters. The Bertz CT molecular complexity index is 862. The lowest BCUT2D eigenvalue weighted by molar-refractivity contribution is -0.117. The topological polar surface area (TPSA) is 49.9 Å². The van der Waals surface area contributed by atoms with E-state index in [1.165, 1.54) is 5.56 Å². The van der Waals surface area contributed by atoms with E-state index < -0.39 is 0 Å². The van der Waals surface area contributed by atoms with Gasteiger partial charge in [-0.3, -0.25) is 9.59 Å². The molecule has 5 nitrogen and oxygen atoms in total. The van der Waals surface area contributed by atoms with Crippen LogP contribution in [0.15, 0.2) is 42.5 Å². The number of carbonyl (C=O) groups excluding carboxylic acids is 2. The van der Waals surface area contributed by atoms with E-state index in [0.717, 1.165) is 29.8 Å². The molecule has 0 saturated carbocycles. The van der Waals surface area contributed by atoms with Gasteiger partial charge in [0.1, 0.15) is 5.75 Å². The summed E-state index contributed by atoms with van der Waals surface area (Å²) in [5.41, 5.74) is 3.72. The number of benzene rings is 2. The maximum absolute atomic E-state index is 13.2. The van der Waals surface area contributed by atoms with Gasteiger partial charge in [0.25, 0.3) is 5.91 Å². The Balaban J connectivity index is 1.62. The summed E-state index contributed by atoms with van der Waals surface area (Å²) in [6, 6.07) is 13.5. The average Bonchev–Trinajstić information content (AvgIpc) is 3.12. The highest BCUT2D eigenvalue weighted by Crippen LogP contribution is 2.29. The van der Waals surface area contributed by atoms with Crippen LogP contribution in [0, 0.1) is 0 Å². The van der Waals surface area contributed by atoms with E-state index in [0.29, 0.717) is 31.6 Å². The highest BCUT2D eigenvalue weighted by molar-refractivity contribution is 6.05. The summed E-state index contributed by atoms with van der Waals surface area (Å²) >= 11 is 0. The fraction of sp³-hybridized carbons (Fsp3) is 0.333. The quantitative estimate of drug-likeness (QED) is 0.855. The fourth-order valence-electron chi connectivity index (χ4n) is 3.80. The number of anilines is 1. The summed E-state index contributed by atoms with van der Waals surface area (Å²) in [5, 5.41) is 0. The molecule has 1 saturated heterocycles. The Hall–Kier alpha value is -2.82. The Labute approximate surface area is 153 Å². The van der Waals surface area contributed by atoms with Crippen LogP contribution in [0.3, 0.4) is 0 Å². The van der Waals surface area contributed by atoms with Crippen molar-refractivity contribution in [1.82, 2.24) is 4.90 Å². The largest absolute Gasteiger partial charge is 0.497 e. The van der Waals surface area contributed by atoms with Crippen LogP contribution in [-0.4, -0.2) is 36.9 Å². The van der Waals surface area contributed by atoms with Crippen molar-refractivity contribution in [3.8, 4) is 5.75 Å². The number of nitrogens with zero attached hydrogens (tertiary/aromatic N) is 2. The SMILES string of the molecule is COc1ccc2c(c1)CN(C(=O)c1ccccc1N1CCCC1=O)CC2. The molecular weight excluding hydrogens is 328 g/mol. The minimum Gasteiger partial charge on any atom is -0.497 e. The molecule has 2 aliphatic rings. The summed E-state index contributed by atoms with van der Waals surface area (Å²) in [4.78, 5) is 29.0. The first kappa shape index (κ1) is 16.6. The lowest BCUT2D eigenvalue weighted by atomic mass is 9.98. The molecule has 0 radical (unpaired) electrons. The minimum atomic E-state index is -0.0197. The van der Waals surface area contributed by atoms with Crippen LogP contribution in [0.5, 0.6) is 5.75 Å². The monoisotopic (exact) mass is 350 g/mol. The number of hydrogen-bond donors (Lipinski definition) is 0. The van der Waals surface area contributed by atoms with Crippen molar-refractivity contribution in [2.24, 2.45) is 0 Å². The van der Waals surface area contributed by atoms with Gasteiger partial charge in [-0.05, 0) is 48.2 Å². The highest BCUT2D eigenvalue weighted by atomic mass is 16.5. The molecule has 2 heterocycles. The summed E-state index contributed by atoms with van der Waals surface area (Å²) in [6.07, 6.45) is 2.23. The number of methoxy groups -OCH3 is 1. The van der Waals surface area contributed by atoms with Gasteiger partial charge in [0.2, 0.25) is 5.91 Å². The molecule has 2 aromatic carbocycles. The van der Waals surface area contributed by atoms with E-state index in [1.807, 2.05) is 41.3 Å². The predicted molar refractivity (Wildman–Crippen MR) is 99.5 cm³/mol. The number of amides is 2. The number of carbonyl (C=O) groups is 2. The number of rotatable bonds is 3. The van der Waals surface area contributed by atoms with Crippen molar-refractivity contribution in [3.05, 3.63) is 59.2 Å². The lowest BCUT2D eigenvalue weighted by Crippen LogP contribution is -2.37. The molecular formula is C21H22N2O3. The van der Waals surface area contributed by atoms with Crippen molar-refractivity contribution in [2.75, 3.05) is 25.1 Å². The second kappa shape index (κ2) is 6.83. The first-order valence-electron chi connectivity index (χ1n) is 9.02. The summed E-state index contributed by atoms with van der Waals surface area (Å²) in [7, 11) is 1.65. The highest BCUT2D eigenvalue weighted by Gasteiger charge is 2.28. The normalized spacial score (nSPS) is 16.6. The molecule has 0 spiro atoms. The summed E-state index contributed by atoms with van der Waals surface area (Å²) < 4.78 is 5.31. The van der Waals surface area contributed by atoms with Crippen LogP contribution in [0.25, 0.3) is 0 Å². The van der Waals surface area contributed by atoms with E-state index in [2.05, 4.69) is 6.07 Å². The molecule has 0 atom stereocenters. The number of ether oxygens (including phenoxy) is 1.